The molecule has 3 rings (SSSR count). The van der Waals surface area contributed by atoms with Crippen LogP contribution in [-0.2, 0) is 24.9 Å². The predicted molar refractivity (Wildman–Crippen MR) is 104 cm³/mol. The molecular formula is C19H28N6O2. The first-order chi connectivity index (χ1) is 13.2. The third kappa shape index (κ3) is 5.19. The average Bonchev–Trinajstić information content (AvgIpc) is 3.32. The molecule has 8 nitrogen and oxygen atoms in total. The van der Waals surface area contributed by atoms with Crippen LogP contribution in [0, 0.1) is 6.92 Å². The Hall–Kier alpha value is -2.61. The molecule has 8 heteroatoms. The van der Waals surface area contributed by atoms with Crippen LogP contribution in [0.3, 0.4) is 0 Å². The molecule has 2 aromatic rings. The first-order valence-electron chi connectivity index (χ1n) is 9.28. The summed E-state index contributed by atoms with van der Waals surface area (Å²) in [4.78, 5) is 4.72. The van der Waals surface area contributed by atoms with Gasteiger partial charge in [-0.25, -0.2) is 4.99 Å². The van der Waals surface area contributed by atoms with Crippen molar-refractivity contribution in [2.45, 2.75) is 39.0 Å². The zero-order valence-corrected chi connectivity index (χ0v) is 16.2. The molecule has 1 saturated heterocycles. The molecule has 27 heavy (non-hydrogen) atoms. The Balaban J connectivity index is 1.66. The lowest BCUT2D eigenvalue weighted by Crippen LogP contribution is -2.41. The Morgan fingerprint density at radius 3 is 2.89 bits per heavy atom. The van der Waals surface area contributed by atoms with E-state index in [0.29, 0.717) is 13.1 Å². The molecule has 0 saturated carbocycles. The third-order valence-corrected chi connectivity index (χ3v) is 4.72. The van der Waals surface area contributed by atoms with Crippen LogP contribution >= 0.6 is 0 Å². The second-order valence-corrected chi connectivity index (χ2v) is 6.57. The summed E-state index contributed by atoms with van der Waals surface area (Å²) in [7, 11) is 3.63. The molecule has 1 unspecified atom stereocenters. The van der Waals surface area contributed by atoms with Gasteiger partial charge in [0.25, 0.3) is 0 Å². The van der Waals surface area contributed by atoms with Gasteiger partial charge >= 0.3 is 0 Å². The molecular weight excluding hydrogens is 344 g/mol. The van der Waals surface area contributed by atoms with Crippen LogP contribution in [0.5, 0.6) is 5.75 Å². The number of nitrogens with one attached hydrogen (secondary N) is 2. The standard InChI is InChI=1S/C19H28N6O2/c1-14-23-24-18(25(14)2)13-22-19(21-12-16-8-6-10-27-16)20-11-15-7-4-5-9-17(15)26-3/h4-5,7,9,16H,6,8,10-13H2,1-3H3,(H2,20,21,22). The minimum absolute atomic E-state index is 0.236. The molecule has 1 fully saturated rings. The lowest BCUT2D eigenvalue weighted by Gasteiger charge is -2.16. The molecule has 1 aromatic carbocycles. The second kappa shape index (κ2) is 9.36. The molecule has 2 heterocycles. The van der Waals surface area contributed by atoms with Crippen molar-refractivity contribution in [3.8, 4) is 5.75 Å². The van der Waals surface area contributed by atoms with Gasteiger partial charge in [0.2, 0.25) is 0 Å². The van der Waals surface area contributed by atoms with E-state index in [9.17, 15) is 0 Å². The summed E-state index contributed by atoms with van der Waals surface area (Å²) in [6.07, 6.45) is 2.43. The molecule has 0 bridgehead atoms. The lowest BCUT2D eigenvalue weighted by molar-refractivity contribution is 0.113. The number of hydrogen-bond acceptors (Lipinski definition) is 5. The number of methoxy groups -OCH3 is 1. The topological polar surface area (TPSA) is 85.6 Å². The third-order valence-electron chi connectivity index (χ3n) is 4.72. The van der Waals surface area contributed by atoms with E-state index in [1.54, 1.807) is 7.11 Å². The van der Waals surface area contributed by atoms with E-state index in [1.165, 1.54) is 0 Å². The fraction of sp³-hybridized carbons (Fsp3) is 0.526. The zero-order chi connectivity index (χ0) is 19.1. The number of hydrogen-bond donors (Lipinski definition) is 2. The van der Waals surface area contributed by atoms with Crippen molar-refractivity contribution in [3.63, 3.8) is 0 Å². The highest BCUT2D eigenvalue weighted by atomic mass is 16.5. The van der Waals surface area contributed by atoms with E-state index in [1.807, 2.05) is 42.8 Å². The maximum atomic E-state index is 5.70. The first kappa shape index (κ1) is 19.2. The van der Waals surface area contributed by atoms with Gasteiger partial charge < -0.3 is 24.7 Å². The van der Waals surface area contributed by atoms with Crippen LogP contribution in [0.1, 0.15) is 30.1 Å². The van der Waals surface area contributed by atoms with Gasteiger partial charge in [0.05, 0.1) is 26.3 Å². The minimum atomic E-state index is 0.236. The Kier molecular flexibility index (Phi) is 6.64. The Labute approximate surface area is 160 Å². The first-order valence-corrected chi connectivity index (χ1v) is 9.28. The van der Waals surface area contributed by atoms with Crippen molar-refractivity contribution < 1.29 is 9.47 Å². The van der Waals surface area contributed by atoms with Crippen molar-refractivity contribution >= 4 is 5.96 Å². The van der Waals surface area contributed by atoms with E-state index < -0.39 is 0 Å². The van der Waals surface area contributed by atoms with Gasteiger partial charge in [-0.15, -0.1) is 10.2 Å². The van der Waals surface area contributed by atoms with E-state index in [2.05, 4.69) is 20.8 Å². The summed E-state index contributed by atoms with van der Waals surface area (Å²) in [6, 6.07) is 7.91. The Morgan fingerprint density at radius 1 is 1.33 bits per heavy atom. The van der Waals surface area contributed by atoms with Gasteiger partial charge in [0.1, 0.15) is 11.6 Å². The number of rotatable bonds is 7. The van der Waals surface area contributed by atoms with Crippen LogP contribution in [0.2, 0.25) is 0 Å². The molecule has 1 aromatic heterocycles. The molecule has 1 aliphatic rings. The SMILES string of the molecule is COc1ccccc1CN=C(NCc1nnc(C)n1C)NCC1CCCO1. The lowest BCUT2D eigenvalue weighted by atomic mass is 10.2. The summed E-state index contributed by atoms with van der Waals surface area (Å²) in [6.45, 7) is 4.56. The van der Waals surface area contributed by atoms with Gasteiger partial charge in [0, 0.05) is 25.8 Å². The van der Waals surface area contributed by atoms with Crippen LogP contribution in [-0.4, -0.2) is 47.1 Å². The number of aryl methyl sites for hydroxylation is 1. The number of nitrogens with zero attached hydrogens (tertiary/aromatic N) is 4. The second-order valence-electron chi connectivity index (χ2n) is 6.57. The smallest absolute Gasteiger partial charge is 0.192 e. The maximum absolute atomic E-state index is 5.70. The summed E-state index contributed by atoms with van der Waals surface area (Å²) in [5, 5.41) is 15.0. The number of guanidine groups is 1. The fourth-order valence-electron chi connectivity index (χ4n) is 2.96. The van der Waals surface area contributed by atoms with Crippen LogP contribution < -0.4 is 15.4 Å². The van der Waals surface area contributed by atoms with Crippen molar-refractivity contribution in [3.05, 3.63) is 41.5 Å². The molecule has 146 valence electrons. The van der Waals surface area contributed by atoms with Crippen molar-refractivity contribution in [1.82, 2.24) is 25.4 Å². The Morgan fingerprint density at radius 2 is 2.19 bits per heavy atom. The number of aliphatic imine (C=N–C) groups is 1. The molecule has 0 amide bonds. The van der Waals surface area contributed by atoms with Gasteiger partial charge in [-0.1, -0.05) is 18.2 Å². The number of para-hydroxylation sites is 1. The monoisotopic (exact) mass is 372 g/mol. The molecule has 1 aliphatic heterocycles. The minimum Gasteiger partial charge on any atom is -0.496 e. The molecule has 1 atom stereocenters. The van der Waals surface area contributed by atoms with Crippen molar-refractivity contribution in [1.29, 1.82) is 0 Å². The van der Waals surface area contributed by atoms with Gasteiger partial charge in [-0.05, 0) is 25.8 Å². The maximum Gasteiger partial charge on any atom is 0.192 e. The van der Waals surface area contributed by atoms with E-state index in [4.69, 9.17) is 14.5 Å². The molecule has 0 spiro atoms. The fourth-order valence-corrected chi connectivity index (χ4v) is 2.96. The largest absolute Gasteiger partial charge is 0.496 e. The van der Waals surface area contributed by atoms with E-state index in [-0.39, 0.29) is 6.10 Å². The van der Waals surface area contributed by atoms with Crippen LogP contribution in [0.25, 0.3) is 0 Å². The highest BCUT2D eigenvalue weighted by Gasteiger charge is 2.16. The summed E-state index contributed by atoms with van der Waals surface area (Å²) in [5.74, 6) is 3.30. The quantitative estimate of drug-likeness (QED) is 0.567. The number of ether oxygens (including phenoxy) is 2. The van der Waals surface area contributed by atoms with Gasteiger partial charge in [-0.2, -0.15) is 0 Å². The van der Waals surface area contributed by atoms with Crippen LogP contribution in [0.15, 0.2) is 29.3 Å². The normalized spacial score (nSPS) is 17.1. The van der Waals surface area contributed by atoms with Crippen molar-refractivity contribution in [2.24, 2.45) is 12.0 Å². The Bertz CT molecular complexity index is 767. The summed E-state index contributed by atoms with van der Waals surface area (Å²) < 4.78 is 13.1. The van der Waals surface area contributed by atoms with Crippen LogP contribution in [0.4, 0.5) is 0 Å². The average molecular weight is 372 g/mol. The summed E-state index contributed by atoms with van der Waals surface area (Å²) in [5.41, 5.74) is 1.03. The zero-order valence-electron chi connectivity index (χ0n) is 16.2. The van der Waals surface area contributed by atoms with E-state index in [0.717, 1.165) is 54.9 Å². The summed E-state index contributed by atoms with van der Waals surface area (Å²) >= 11 is 0. The van der Waals surface area contributed by atoms with Crippen molar-refractivity contribution in [2.75, 3.05) is 20.3 Å². The van der Waals surface area contributed by atoms with Gasteiger partial charge in [-0.3, -0.25) is 0 Å². The predicted octanol–water partition coefficient (Wildman–Crippen LogP) is 1.55. The molecule has 0 aliphatic carbocycles. The number of aromatic nitrogens is 3. The molecule has 2 N–H and O–H groups in total. The van der Waals surface area contributed by atoms with Gasteiger partial charge in [0.15, 0.2) is 11.8 Å². The number of benzene rings is 1. The molecule has 0 radical (unpaired) electrons. The highest BCUT2D eigenvalue weighted by molar-refractivity contribution is 5.79. The highest BCUT2D eigenvalue weighted by Crippen LogP contribution is 2.18. The van der Waals surface area contributed by atoms with E-state index >= 15 is 0 Å².